The first-order valence-electron chi connectivity index (χ1n) is 7.79. The number of halogens is 1. The smallest absolute Gasteiger partial charge is 0.220 e. The van der Waals surface area contributed by atoms with E-state index in [1.54, 1.807) is 7.11 Å². The summed E-state index contributed by atoms with van der Waals surface area (Å²) >= 11 is 0. The molecule has 2 rings (SSSR count). The van der Waals surface area contributed by atoms with Crippen molar-refractivity contribution >= 4 is 18.3 Å². The molecule has 5 heteroatoms. The minimum atomic E-state index is -0.0209. The molecule has 3 atom stereocenters. The SMILES string of the molecule is COc1cccc(C(C)NC(=O)CC2CCCCC2N)c1.Cl. The maximum atomic E-state index is 12.2. The van der Waals surface area contributed by atoms with Crippen LogP contribution in [0.1, 0.15) is 50.6 Å². The zero-order valence-corrected chi connectivity index (χ0v) is 14.2. The van der Waals surface area contributed by atoms with Crippen molar-refractivity contribution in [3.05, 3.63) is 29.8 Å². The van der Waals surface area contributed by atoms with Gasteiger partial charge in [0.05, 0.1) is 13.2 Å². The third kappa shape index (κ3) is 5.18. The first kappa shape index (κ1) is 18.8. The number of nitrogens with one attached hydrogen (secondary N) is 1. The lowest BCUT2D eigenvalue weighted by molar-refractivity contribution is -0.123. The summed E-state index contributed by atoms with van der Waals surface area (Å²) in [6.07, 6.45) is 5.04. The highest BCUT2D eigenvalue weighted by atomic mass is 35.5. The largest absolute Gasteiger partial charge is 0.497 e. The predicted molar refractivity (Wildman–Crippen MR) is 91.4 cm³/mol. The molecule has 0 radical (unpaired) electrons. The van der Waals surface area contributed by atoms with E-state index in [1.807, 2.05) is 31.2 Å². The predicted octanol–water partition coefficient (Wildman–Crippen LogP) is 3.20. The Bertz CT molecular complexity index is 481. The van der Waals surface area contributed by atoms with Crippen molar-refractivity contribution in [3.8, 4) is 5.75 Å². The van der Waals surface area contributed by atoms with E-state index >= 15 is 0 Å². The quantitative estimate of drug-likeness (QED) is 0.873. The van der Waals surface area contributed by atoms with Crippen molar-refractivity contribution in [2.75, 3.05) is 7.11 Å². The summed E-state index contributed by atoms with van der Waals surface area (Å²) in [6.45, 7) is 1.99. The molecule has 22 heavy (non-hydrogen) atoms. The van der Waals surface area contributed by atoms with Crippen molar-refractivity contribution < 1.29 is 9.53 Å². The number of methoxy groups -OCH3 is 1. The fourth-order valence-corrected chi connectivity index (χ4v) is 3.02. The number of amides is 1. The average molecular weight is 327 g/mol. The minimum absolute atomic E-state index is 0. The van der Waals surface area contributed by atoms with Crippen LogP contribution in [0.4, 0.5) is 0 Å². The van der Waals surface area contributed by atoms with Crippen LogP contribution in [0.2, 0.25) is 0 Å². The van der Waals surface area contributed by atoms with Gasteiger partial charge in [-0.25, -0.2) is 0 Å². The second-order valence-electron chi connectivity index (χ2n) is 5.98. The maximum absolute atomic E-state index is 12.2. The maximum Gasteiger partial charge on any atom is 0.220 e. The van der Waals surface area contributed by atoms with E-state index in [2.05, 4.69) is 5.32 Å². The Hall–Kier alpha value is -1.26. The Balaban J connectivity index is 0.00000242. The molecular formula is C17H27ClN2O2. The van der Waals surface area contributed by atoms with Crippen molar-refractivity contribution in [3.63, 3.8) is 0 Å². The van der Waals surface area contributed by atoms with Crippen LogP contribution >= 0.6 is 12.4 Å². The zero-order chi connectivity index (χ0) is 15.2. The van der Waals surface area contributed by atoms with Crippen LogP contribution in [0.3, 0.4) is 0 Å². The first-order valence-corrected chi connectivity index (χ1v) is 7.79. The van der Waals surface area contributed by atoms with E-state index in [0.717, 1.165) is 24.2 Å². The van der Waals surface area contributed by atoms with Crippen LogP contribution in [0.25, 0.3) is 0 Å². The molecule has 0 saturated heterocycles. The molecule has 3 unspecified atom stereocenters. The lowest BCUT2D eigenvalue weighted by Gasteiger charge is -2.28. The average Bonchev–Trinajstić information content (AvgIpc) is 2.49. The molecule has 1 aliphatic carbocycles. The number of ether oxygens (including phenoxy) is 1. The minimum Gasteiger partial charge on any atom is -0.497 e. The third-order valence-electron chi connectivity index (χ3n) is 4.39. The van der Waals surface area contributed by atoms with Gasteiger partial charge in [0.15, 0.2) is 0 Å². The van der Waals surface area contributed by atoms with Crippen molar-refractivity contribution in [2.24, 2.45) is 11.7 Å². The molecule has 1 saturated carbocycles. The summed E-state index contributed by atoms with van der Waals surface area (Å²) in [5, 5.41) is 3.07. The Labute approximate surface area is 139 Å². The second kappa shape index (κ2) is 9.01. The van der Waals surface area contributed by atoms with E-state index < -0.39 is 0 Å². The van der Waals surface area contributed by atoms with Crippen LogP contribution in [0.5, 0.6) is 5.75 Å². The molecule has 1 aliphatic rings. The molecule has 1 aromatic rings. The topological polar surface area (TPSA) is 64.3 Å². The van der Waals surface area contributed by atoms with Crippen molar-refractivity contribution in [2.45, 2.75) is 51.1 Å². The van der Waals surface area contributed by atoms with Gasteiger partial charge in [0.2, 0.25) is 5.91 Å². The molecule has 0 spiro atoms. The van der Waals surface area contributed by atoms with Crippen LogP contribution in [0.15, 0.2) is 24.3 Å². The van der Waals surface area contributed by atoms with Gasteiger partial charge in [0.1, 0.15) is 5.75 Å². The zero-order valence-electron chi connectivity index (χ0n) is 13.4. The number of rotatable bonds is 5. The van der Waals surface area contributed by atoms with Gasteiger partial charge in [-0.3, -0.25) is 4.79 Å². The molecule has 1 amide bonds. The van der Waals surface area contributed by atoms with E-state index in [4.69, 9.17) is 10.5 Å². The van der Waals surface area contributed by atoms with E-state index in [0.29, 0.717) is 12.3 Å². The van der Waals surface area contributed by atoms with Gasteiger partial charge < -0.3 is 15.8 Å². The van der Waals surface area contributed by atoms with Gasteiger partial charge in [-0.05, 0) is 43.4 Å². The van der Waals surface area contributed by atoms with Crippen molar-refractivity contribution in [1.29, 1.82) is 0 Å². The first-order chi connectivity index (χ1) is 10.1. The van der Waals surface area contributed by atoms with Crippen LogP contribution in [0, 0.1) is 5.92 Å². The molecule has 124 valence electrons. The van der Waals surface area contributed by atoms with Crippen LogP contribution in [-0.2, 0) is 4.79 Å². The van der Waals surface area contributed by atoms with Crippen molar-refractivity contribution in [1.82, 2.24) is 5.32 Å². The molecule has 1 aromatic carbocycles. The lowest BCUT2D eigenvalue weighted by atomic mass is 9.83. The Kier molecular flexibility index (Phi) is 7.69. The van der Waals surface area contributed by atoms with Gasteiger partial charge in [-0.2, -0.15) is 0 Å². The standard InChI is InChI=1S/C17H26N2O2.ClH/c1-12(13-7-5-8-15(10-13)21-2)19-17(20)11-14-6-3-4-9-16(14)18;/h5,7-8,10,12,14,16H,3-4,6,9,11,18H2,1-2H3,(H,19,20);1H. The Morgan fingerprint density at radius 2 is 2.14 bits per heavy atom. The van der Waals surface area contributed by atoms with E-state index in [1.165, 1.54) is 12.8 Å². The summed E-state index contributed by atoms with van der Waals surface area (Å²) in [4.78, 5) is 12.2. The van der Waals surface area contributed by atoms with Gasteiger partial charge in [-0.1, -0.05) is 25.0 Å². The highest BCUT2D eigenvalue weighted by Gasteiger charge is 2.24. The summed E-state index contributed by atoms with van der Waals surface area (Å²) in [5.41, 5.74) is 7.16. The molecule has 4 nitrogen and oxygen atoms in total. The summed E-state index contributed by atoms with van der Waals surface area (Å²) in [7, 11) is 1.65. The Morgan fingerprint density at radius 1 is 1.41 bits per heavy atom. The summed E-state index contributed by atoms with van der Waals surface area (Å²) < 4.78 is 5.22. The van der Waals surface area contributed by atoms with Gasteiger partial charge >= 0.3 is 0 Å². The molecule has 1 fully saturated rings. The van der Waals surface area contributed by atoms with Gasteiger partial charge in [-0.15, -0.1) is 12.4 Å². The number of benzene rings is 1. The lowest BCUT2D eigenvalue weighted by Crippen LogP contribution is -2.37. The fourth-order valence-electron chi connectivity index (χ4n) is 3.02. The molecule has 0 aromatic heterocycles. The molecule has 0 aliphatic heterocycles. The number of hydrogen-bond donors (Lipinski definition) is 2. The summed E-state index contributed by atoms with van der Waals surface area (Å²) in [6, 6.07) is 7.95. The van der Waals surface area contributed by atoms with Crippen LogP contribution in [-0.4, -0.2) is 19.1 Å². The van der Waals surface area contributed by atoms with Gasteiger partial charge in [0.25, 0.3) is 0 Å². The third-order valence-corrected chi connectivity index (χ3v) is 4.39. The Morgan fingerprint density at radius 3 is 2.82 bits per heavy atom. The van der Waals surface area contributed by atoms with Gasteiger partial charge in [0, 0.05) is 12.5 Å². The summed E-state index contributed by atoms with van der Waals surface area (Å²) in [5.74, 6) is 1.23. The normalized spacial score (nSPS) is 22.3. The van der Waals surface area contributed by atoms with E-state index in [9.17, 15) is 4.79 Å². The number of hydrogen-bond acceptors (Lipinski definition) is 3. The number of carbonyl (C=O) groups excluding carboxylic acids is 1. The van der Waals surface area contributed by atoms with Crippen LogP contribution < -0.4 is 15.8 Å². The number of carbonyl (C=O) groups is 1. The molecule has 0 bridgehead atoms. The molecule has 3 N–H and O–H groups in total. The highest BCUT2D eigenvalue weighted by molar-refractivity contribution is 5.85. The number of nitrogens with two attached hydrogens (primary N) is 1. The monoisotopic (exact) mass is 326 g/mol. The second-order valence-corrected chi connectivity index (χ2v) is 5.98. The van der Waals surface area contributed by atoms with E-state index in [-0.39, 0.29) is 30.4 Å². The molecular weight excluding hydrogens is 300 g/mol. The fraction of sp³-hybridized carbons (Fsp3) is 0.588. The molecule has 0 heterocycles. The highest BCUT2D eigenvalue weighted by Crippen LogP contribution is 2.26.